The van der Waals surface area contributed by atoms with E-state index in [4.69, 9.17) is 4.74 Å². The second kappa shape index (κ2) is 16.9. The van der Waals surface area contributed by atoms with E-state index >= 15 is 0 Å². The third kappa shape index (κ3) is 9.65. The molecule has 0 aromatic heterocycles. The summed E-state index contributed by atoms with van der Waals surface area (Å²) in [5, 5.41) is 0. The van der Waals surface area contributed by atoms with Gasteiger partial charge in [0.1, 0.15) is 0 Å². The molecule has 0 amide bonds. The molecule has 2 unspecified atom stereocenters. The molecule has 0 aliphatic rings. The molecule has 2 aromatic carbocycles. The minimum atomic E-state index is 0.188. The van der Waals surface area contributed by atoms with Gasteiger partial charge in [-0.2, -0.15) is 0 Å². The quantitative estimate of drug-likeness (QED) is 0.205. The van der Waals surface area contributed by atoms with E-state index in [-0.39, 0.29) is 12.2 Å². The predicted molar refractivity (Wildman–Crippen MR) is 145 cm³/mol. The Labute approximate surface area is 205 Å². The summed E-state index contributed by atoms with van der Waals surface area (Å²) in [6.07, 6.45) is 17.9. The Morgan fingerprint density at radius 2 is 0.909 bits per heavy atom. The van der Waals surface area contributed by atoms with Gasteiger partial charge < -0.3 is 4.74 Å². The Morgan fingerprint density at radius 3 is 1.30 bits per heavy atom. The van der Waals surface area contributed by atoms with Crippen molar-refractivity contribution >= 4 is 0 Å². The number of rotatable bonds is 18. The van der Waals surface area contributed by atoms with E-state index in [0.717, 1.165) is 25.7 Å². The van der Waals surface area contributed by atoms with Crippen LogP contribution in [0.5, 0.6) is 0 Å². The molecular weight excluding hydrogens is 400 g/mol. The van der Waals surface area contributed by atoms with Gasteiger partial charge in [0.25, 0.3) is 0 Å². The van der Waals surface area contributed by atoms with E-state index in [1.165, 1.54) is 86.5 Å². The van der Waals surface area contributed by atoms with E-state index in [1.807, 2.05) is 0 Å². The maximum Gasteiger partial charge on any atom is 0.0836 e. The van der Waals surface area contributed by atoms with E-state index in [1.54, 1.807) is 0 Å². The molecular formula is C32H50O. The van der Waals surface area contributed by atoms with Crippen molar-refractivity contribution in [2.45, 2.75) is 130 Å². The highest BCUT2D eigenvalue weighted by Crippen LogP contribution is 2.36. The largest absolute Gasteiger partial charge is 0.366 e. The van der Waals surface area contributed by atoms with Crippen LogP contribution < -0.4 is 0 Å². The molecule has 0 fully saturated rings. The van der Waals surface area contributed by atoms with E-state index in [2.05, 4.69) is 76.2 Å². The second-order valence-electron chi connectivity index (χ2n) is 9.62. The number of hydrogen-bond acceptors (Lipinski definition) is 1. The lowest BCUT2D eigenvalue weighted by molar-refractivity contribution is -0.0271. The van der Waals surface area contributed by atoms with Crippen molar-refractivity contribution in [3.05, 3.63) is 70.8 Å². The number of ether oxygens (including phenoxy) is 1. The Hall–Kier alpha value is -1.60. The first kappa shape index (κ1) is 27.6. The van der Waals surface area contributed by atoms with Gasteiger partial charge in [-0.25, -0.2) is 0 Å². The van der Waals surface area contributed by atoms with Crippen molar-refractivity contribution in [1.82, 2.24) is 0 Å². The van der Waals surface area contributed by atoms with Crippen LogP contribution in [0.15, 0.2) is 48.5 Å². The summed E-state index contributed by atoms with van der Waals surface area (Å²) in [6.45, 7) is 9.13. The summed E-state index contributed by atoms with van der Waals surface area (Å²) in [7, 11) is 0. The SMILES string of the molecule is CCCCCCCC(OC(CCCCCCC)c1ccccc1CC)c1ccccc1CC. The van der Waals surface area contributed by atoms with Crippen LogP contribution in [-0.4, -0.2) is 0 Å². The van der Waals surface area contributed by atoms with Gasteiger partial charge in [0.2, 0.25) is 0 Å². The summed E-state index contributed by atoms with van der Waals surface area (Å²) in [6, 6.07) is 18.0. The molecule has 2 rings (SSSR count). The van der Waals surface area contributed by atoms with E-state index in [9.17, 15) is 0 Å². The first-order valence-corrected chi connectivity index (χ1v) is 14.1. The van der Waals surface area contributed by atoms with Crippen LogP contribution in [0.3, 0.4) is 0 Å². The molecule has 0 saturated carbocycles. The van der Waals surface area contributed by atoms with Gasteiger partial charge in [-0.3, -0.25) is 0 Å². The van der Waals surface area contributed by atoms with Gasteiger partial charge in [-0.05, 0) is 47.9 Å². The summed E-state index contributed by atoms with van der Waals surface area (Å²) in [5.74, 6) is 0. The van der Waals surface area contributed by atoms with E-state index < -0.39 is 0 Å². The molecule has 0 heterocycles. The Bertz CT molecular complexity index is 686. The van der Waals surface area contributed by atoms with E-state index in [0.29, 0.717) is 0 Å². The van der Waals surface area contributed by atoms with Crippen LogP contribution in [-0.2, 0) is 17.6 Å². The van der Waals surface area contributed by atoms with Crippen molar-refractivity contribution < 1.29 is 4.74 Å². The maximum absolute atomic E-state index is 7.12. The summed E-state index contributed by atoms with van der Waals surface area (Å²) < 4.78 is 7.12. The zero-order chi connectivity index (χ0) is 23.7. The number of benzene rings is 2. The molecule has 184 valence electrons. The molecule has 0 spiro atoms. The Morgan fingerprint density at radius 1 is 0.515 bits per heavy atom. The van der Waals surface area contributed by atoms with Gasteiger partial charge in [0, 0.05) is 0 Å². The number of aryl methyl sites for hydroxylation is 2. The van der Waals surface area contributed by atoms with Gasteiger partial charge in [-0.15, -0.1) is 0 Å². The van der Waals surface area contributed by atoms with Crippen LogP contribution in [0, 0.1) is 0 Å². The molecule has 0 N–H and O–H groups in total. The van der Waals surface area contributed by atoms with Crippen molar-refractivity contribution in [3.63, 3.8) is 0 Å². The standard InChI is InChI=1S/C32H50O/c1-5-9-11-13-15-25-31(29-23-19-17-21-27(29)7-3)33-32(26-16-14-12-10-6-2)30-24-20-18-22-28(30)8-4/h17-24,31-32H,5-16,25-26H2,1-4H3. The lowest BCUT2D eigenvalue weighted by Crippen LogP contribution is -2.14. The predicted octanol–water partition coefficient (Wildman–Crippen LogP) is 10.3. The van der Waals surface area contributed by atoms with Crippen molar-refractivity contribution in [3.8, 4) is 0 Å². The van der Waals surface area contributed by atoms with Crippen molar-refractivity contribution in [2.24, 2.45) is 0 Å². The van der Waals surface area contributed by atoms with Crippen LogP contribution in [0.2, 0.25) is 0 Å². The van der Waals surface area contributed by atoms with Crippen LogP contribution in [0.4, 0.5) is 0 Å². The van der Waals surface area contributed by atoms with Gasteiger partial charge in [0.15, 0.2) is 0 Å². The highest BCUT2D eigenvalue weighted by atomic mass is 16.5. The molecule has 1 nitrogen and oxygen atoms in total. The summed E-state index contributed by atoms with van der Waals surface area (Å²) >= 11 is 0. The van der Waals surface area contributed by atoms with Crippen molar-refractivity contribution in [2.75, 3.05) is 0 Å². The Balaban J connectivity index is 2.23. The molecule has 0 aliphatic heterocycles. The molecule has 0 radical (unpaired) electrons. The van der Waals surface area contributed by atoms with Gasteiger partial charge >= 0.3 is 0 Å². The molecule has 1 heteroatoms. The first-order valence-electron chi connectivity index (χ1n) is 14.1. The molecule has 0 aliphatic carbocycles. The average molecular weight is 451 g/mol. The zero-order valence-electron chi connectivity index (χ0n) is 22.1. The first-order chi connectivity index (χ1) is 16.2. The second-order valence-corrected chi connectivity index (χ2v) is 9.62. The maximum atomic E-state index is 7.12. The fourth-order valence-electron chi connectivity index (χ4n) is 5.00. The molecule has 0 saturated heterocycles. The Kier molecular flexibility index (Phi) is 14.2. The van der Waals surface area contributed by atoms with Gasteiger partial charge in [-0.1, -0.05) is 140 Å². The number of unbranched alkanes of at least 4 members (excludes halogenated alkanes) is 8. The lowest BCUT2D eigenvalue weighted by atomic mass is 9.93. The zero-order valence-corrected chi connectivity index (χ0v) is 22.1. The third-order valence-corrected chi connectivity index (χ3v) is 7.03. The highest BCUT2D eigenvalue weighted by Gasteiger charge is 2.23. The smallest absolute Gasteiger partial charge is 0.0836 e. The van der Waals surface area contributed by atoms with Crippen molar-refractivity contribution in [1.29, 1.82) is 0 Å². The van der Waals surface area contributed by atoms with Crippen LogP contribution >= 0.6 is 0 Å². The average Bonchev–Trinajstić information content (AvgIpc) is 2.86. The monoisotopic (exact) mass is 450 g/mol. The minimum Gasteiger partial charge on any atom is -0.366 e. The lowest BCUT2D eigenvalue weighted by Gasteiger charge is -2.29. The van der Waals surface area contributed by atoms with Gasteiger partial charge in [0.05, 0.1) is 12.2 Å². The molecule has 2 aromatic rings. The van der Waals surface area contributed by atoms with Crippen LogP contribution in [0.25, 0.3) is 0 Å². The summed E-state index contributed by atoms with van der Waals surface area (Å²) in [4.78, 5) is 0. The highest BCUT2D eigenvalue weighted by molar-refractivity contribution is 5.31. The molecule has 33 heavy (non-hydrogen) atoms. The molecule has 0 bridgehead atoms. The topological polar surface area (TPSA) is 9.23 Å². The molecule has 2 atom stereocenters. The third-order valence-electron chi connectivity index (χ3n) is 7.03. The fraction of sp³-hybridized carbons (Fsp3) is 0.625. The fourth-order valence-corrected chi connectivity index (χ4v) is 5.00. The van der Waals surface area contributed by atoms with Crippen LogP contribution in [0.1, 0.15) is 139 Å². The number of hydrogen-bond donors (Lipinski definition) is 0. The normalized spacial score (nSPS) is 13.2. The minimum absolute atomic E-state index is 0.188. The summed E-state index contributed by atoms with van der Waals surface area (Å²) in [5.41, 5.74) is 5.73.